The van der Waals surface area contributed by atoms with Crippen LogP contribution < -0.4 is 10.1 Å². The summed E-state index contributed by atoms with van der Waals surface area (Å²) in [5, 5.41) is 2.96. The summed E-state index contributed by atoms with van der Waals surface area (Å²) in [4.78, 5) is 26.9. The van der Waals surface area contributed by atoms with Gasteiger partial charge < -0.3 is 10.1 Å². The smallest absolute Gasteiger partial charge is 0.325 e. The van der Waals surface area contributed by atoms with Gasteiger partial charge in [-0.15, -0.1) is 0 Å². The van der Waals surface area contributed by atoms with Crippen LogP contribution in [0.1, 0.15) is 29.5 Å². The predicted octanol–water partition coefficient (Wildman–Crippen LogP) is 3.16. The largest absolute Gasteiger partial charge is 0.492 e. The number of carbonyl (C=O) groups excluding carboxylic acids is 2. The lowest BCUT2D eigenvalue weighted by Gasteiger charge is -2.33. The van der Waals surface area contributed by atoms with Gasteiger partial charge in [-0.1, -0.05) is 36.4 Å². The van der Waals surface area contributed by atoms with E-state index in [1.807, 2.05) is 55.5 Å². The molecule has 4 rings (SSSR count). The van der Waals surface area contributed by atoms with Gasteiger partial charge in [0, 0.05) is 0 Å². The summed E-state index contributed by atoms with van der Waals surface area (Å²) < 4.78 is 5.72. The highest BCUT2D eigenvalue weighted by Gasteiger charge is 2.53. The second-order valence-electron chi connectivity index (χ2n) is 6.97. The molecule has 2 aromatic rings. The summed E-state index contributed by atoms with van der Waals surface area (Å²) in [6.07, 6.45) is 2.47. The molecule has 5 nitrogen and oxygen atoms in total. The first-order chi connectivity index (χ1) is 12.6. The van der Waals surface area contributed by atoms with Gasteiger partial charge in [0.1, 0.15) is 17.9 Å². The van der Waals surface area contributed by atoms with E-state index in [-0.39, 0.29) is 25.1 Å². The standard InChI is InChI=1S/C21H22N2O3/c1-15-6-4-9-17(14-15)26-13-12-23-19(24)21(22-20(23)25)11-5-8-16-7-2-3-10-18(16)21/h2-4,6-7,9-10,14H,5,8,11-13H2,1H3,(H,22,25)/t21-/m0/s1. The third-order valence-corrected chi connectivity index (χ3v) is 5.22. The van der Waals surface area contributed by atoms with E-state index in [9.17, 15) is 9.59 Å². The molecular formula is C21H22N2O3. The van der Waals surface area contributed by atoms with E-state index in [1.54, 1.807) is 0 Å². The normalized spacial score (nSPS) is 21.7. The summed E-state index contributed by atoms with van der Waals surface area (Å²) in [6, 6.07) is 15.3. The molecule has 2 aliphatic rings. The van der Waals surface area contributed by atoms with Crippen molar-refractivity contribution in [2.24, 2.45) is 0 Å². The van der Waals surface area contributed by atoms with Crippen molar-refractivity contribution in [3.63, 3.8) is 0 Å². The Bertz CT molecular complexity index is 864. The molecule has 3 amide bonds. The molecule has 26 heavy (non-hydrogen) atoms. The third kappa shape index (κ3) is 2.73. The number of aryl methyl sites for hydroxylation is 2. The maximum Gasteiger partial charge on any atom is 0.325 e. The number of rotatable bonds is 4. The van der Waals surface area contributed by atoms with Gasteiger partial charge in [0.25, 0.3) is 5.91 Å². The van der Waals surface area contributed by atoms with Crippen LogP contribution in [0.5, 0.6) is 5.75 Å². The molecule has 1 fully saturated rings. The lowest BCUT2D eigenvalue weighted by Crippen LogP contribution is -2.46. The number of amides is 3. The minimum atomic E-state index is -0.907. The average Bonchev–Trinajstić information content (AvgIpc) is 2.87. The topological polar surface area (TPSA) is 58.6 Å². The van der Waals surface area contributed by atoms with Gasteiger partial charge in [-0.25, -0.2) is 4.79 Å². The second kappa shape index (κ2) is 6.48. The number of hydrogen-bond donors (Lipinski definition) is 1. The van der Waals surface area contributed by atoms with Crippen molar-refractivity contribution in [3.05, 3.63) is 65.2 Å². The zero-order valence-corrected chi connectivity index (χ0v) is 14.8. The molecule has 1 N–H and O–H groups in total. The quantitative estimate of drug-likeness (QED) is 0.862. The molecule has 0 unspecified atom stereocenters. The van der Waals surface area contributed by atoms with Crippen LogP contribution in [0.4, 0.5) is 4.79 Å². The maximum atomic E-state index is 13.1. The van der Waals surface area contributed by atoms with Crippen LogP contribution in [0.15, 0.2) is 48.5 Å². The summed E-state index contributed by atoms with van der Waals surface area (Å²) >= 11 is 0. The van der Waals surface area contributed by atoms with Crippen molar-refractivity contribution < 1.29 is 14.3 Å². The fourth-order valence-electron chi connectivity index (χ4n) is 3.97. The zero-order chi connectivity index (χ0) is 18.1. The number of urea groups is 1. The van der Waals surface area contributed by atoms with Crippen molar-refractivity contribution >= 4 is 11.9 Å². The maximum absolute atomic E-state index is 13.1. The van der Waals surface area contributed by atoms with Crippen LogP contribution in [0.2, 0.25) is 0 Å². The number of ether oxygens (including phenoxy) is 1. The molecule has 1 atom stereocenters. The summed E-state index contributed by atoms with van der Waals surface area (Å²) in [7, 11) is 0. The van der Waals surface area contributed by atoms with E-state index in [0.29, 0.717) is 6.42 Å². The Hall–Kier alpha value is -2.82. The van der Waals surface area contributed by atoms with Gasteiger partial charge >= 0.3 is 6.03 Å². The van der Waals surface area contributed by atoms with Crippen LogP contribution >= 0.6 is 0 Å². The summed E-state index contributed by atoms with van der Waals surface area (Å²) in [5.41, 5.74) is 2.28. The Morgan fingerprint density at radius 1 is 1.15 bits per heavy atom. The Morgan fingerprint density at radius 2 is 2.00 bits per heavy atom. The molecule has 1 saturated heterocycles. The van der Waals surface area contributed by atoms with Gasteiger partial charge in [-0.3, -0.25) is 9.69 Å². The highest BCUT2D eigenvalue weighted by Crippen LogP contribution is 2.39. The van der Waals surface area contributed by atoms with Crippen molar-refractivity contribution in [1.29, 1.82) is 0 Å². The minimum Gasteiger partial charge on any atom is -0.492 e. The lowest BCUT2D eigenvalue weighted by molar-refractivity contribution is -0.132. The first-order valence-electron chi connectivity index (χ1n) is 9.02. The number of carbonyl (C=O) groups is 2. The van der Waals surface area contributed by atoms with E-state index < -0.39 is 5.54 Å². The van der Waals surface area contributed by atoms with Gasteiger partial charge in [0.15, 0.2) is 0 Å². The fourth-order valence-corrected chi connectivity index (χ4v) is 3.97. The lowest BCUT2D eigenvalue weighted by atomic mass is 9.76. The Kier molecular flexibility index (Phi) is 4.15. The monoisotopic (exact) mass is 350 g/mol. The van der Waals surface area contributed by atoms with Gasteiger partial charge in [0.2, 0.25) is 0 Å². The summed E-state index contributed by atoms with van der Waals surface area (Å²) in [6.45, 7) is 2.51. The Balaban J connectivity index is 1.50. The number of nitrogens with zero attached hydrogens (tertiary/aromatic N) is 1. The first-order valence-corrected chi connectivity index (χ1v) is 9.02. The molecule has 1 aliphatic carbocycles. The molecule has 5 heteroatoms. The highest BCUT2D eigenvalue weighted by atomic mass is 16.5. The second-order valence-corrected chi connectivity index (χ2v) is 6.97. The average molecular weight is 350 g/mol. The van der Waals surface area contributed by atoms with E-state index in [4.69, 9.17) is 4.74 Å². The van der Waals surface area contributed by atoms with Gasteiger partial charge in [-0.2, -0.15) is 0 Å². The number of hydrogen-bond acceptors (Lipinski definition) is 3. The van der Waals surface area contributed by atoms with Gasteiger partial charge in [-0.05, 0) is 55.0 Å². The van der Waals surface area contributed by atoms with Gasteiger partial charge in [0.05, 0.1) is 6.54 Å². The van der Waals surface area contributed by atoms with E-state index in [0.717, 1.165) is 35.3 Å². The Labute approximate surface area is 153 Å². The van der Waals surface area contributed by atoms with E-state index >= 15 is 0 Å². The molecule has 0 saturated carbocycles. The number of imide groups is 1. The molecule has 0 bridgehead atoms. The van der Waals surface area contributed by atoms with E-state index in [1.165, 1.54) is 4.90 Å². The van der Waals surface area contributed by atoms with Crippen molar-refractivity contribution in [3.8, 4) is 5.75 Å². The van der Waals surface area contributed by atoms with Crippen LogP contribution in [0.3, 0.4) is 0 Å². The number of nitrogens with one attached hydrogen (secondary N) is 1. The molecule has 134 valence electrons. The molecule has 0 aromatic heterocycles. The molecule has 2 aromatic carbocycles. The molecule has 1 heterocycles. The van der Waals surface area contributed by atoms with Crippen LogP contribution in [-0.2, 0) is 16.8 Å². The highest BCUT2D eigenvalue weighted by molar-refractivity contribution is 6.07. The SMILES string of the molecule is Cc1cccc(OCCN2C(=O)N[C@]3(CCCc4ccccc43)C2=O)c1. The predicted molar refractivity (Wildman–Crippen MR) is 98.0 cm³/mol. The molecular weight excluding hydrogens is 328 g/mol. The first kappa shape index (κ1) is 16.6. The van der Waals surface area contributed by atoms with Crippen LogP contribution in [0, 0.1) is 6.92 Å². The third-order valence-electron chi connectivity index (χ3n) is 5.22. The van der Waals surface area contributed by atoms with Crippen molar-refractivity contribution in [2.75, 3.05) is 13.2 Å². The van der Waals surface area contributed by atoms with E-state index in [2.05, 4.69) is 5.32 Å². The van der Waals surface area contributed by atoms with Crippen LogP contribution in [0.25, 0.3) is 0 Å². The molecule has 1 aliphatic heterocycles. The van der Waals surface area contributed by atoms with Crippen molar-refractivity contribution in [1.82, 2.24) is 10.2 Å². The Morgan fingerprint density at radius 3 is 2.85 bits per heavy atom. The van der Waals surface area contributed by atoms with Crippen molar-refractivity contribution in [2.45, 2.75) is 31.7 Å². The zero-order valence-electron chi connectivity index (χ0n) is 14.8. The fraction of sp³-hybridized carbons (Fsp3) is 0.333. The molecule has 0 radical (unpaired) electrons. The number of fused-ring (bicyclic) bond motifs is 2. The summed E-state index contributed by atoms with van der Waals surface area (Å²) in [5.74, 6) is 0.581. The van der Waals surface area contributed by atoms with Crippen LogP contribution in [-0.4, -0.2) is 30.0 Å². The molecule has 1 spiro atoms. The minimum absolute atomic E-state index is 0.164. The number of benzene rings is 2.